The van der Waals surface area contributed by atoms with Crippen LogP contribution in [-0.4, -0.2) is 38.4 Å². The quantitative estimate of drug-likeness (QED) is 0.121. The van der Waals surface area contributed by atoms with Crippen molar-refractivity contribution in [2.24, 2.45) is 0 Å². The maximum atomic E-state index is 13.3. The van der Waals surface area contributed by atoms with Gasteiger partial charge in [-0.25, -0.2) is 9.59 Å². The van der Waals surface area contributed by atoms with E-state index < -0.39 is 19.5 Å². The molecule has 0 heterocycles. The number of ether oxygens (including phenoxy) is 2. The second-order valence-corrected chi connectivity index (χ2v) is 9.10. The van der Waals surface area contributed by atoms with Crippen molar-refractivity contribution in [2.75, 3.05) is 26.4 Å². The number of benzene rings is 1. The Balaban J connectivity index is 2.29. The third-order valence-electron chi connectivity index (χ3n) is 4.49. The van der Waals surface area contributed by atoms with Crippen molar-refractivity contribution in [3.05, 3.63) is 55.6 Å². The van der Waals surface area contributed by atoms with E-state index in [1.54, 1.807) is 12.1 Å². The molecule has 8 heteroatoms. The zero-order chi connectivity index (χ0) is 23.5. The van der Waals surface area contributed by atoms with Crippen molar-refractivity contribution in [2.45, 2.75) is 51.4 Å². The van der Waals surface area contributed by atoms with Crippen molar-refractivity contribution in [1.29, 1.82) is 0 Å². The van der Waals surface area contributed by atoms with Gasteiger partial charge in [0.05, 0.1) is 31.7 Å². The number of carbonyl (C=O) groups is 2. The van der Waals surface area contributed by atoms with Crippen molar-refractivity contribution in [1.82, 2.24) is 0 Å². The van der Waals surface area contributed by atoms with Crippen LogP contribution in [-0.2, 0) is 32.7 Å². The number of unbranched alkanes of at least 4 members (excludes halogenated alkanes) is 6. The summed E-state index contributed by atoms with van der Waals surface area (Å²) in [5.41, 5.74) is 0. The molecule has 7 nitrogen and oxygen atoms in total. The van der Waals surface area contributed by atoms with Crippen LogP contribution in [0.1, 0.15) is 51.4 Å². The molecular weight excluding hydrogens is 431 g/mol. The summed E-state index contributed by atoms with van der Waals surface area (Å²) >= 11 is 0. The number of rotatable bonds is 19. The molecule has 1 aromatic rings. The fourth-order valence-corrected chi connectivity index (χ4v) is 4.39. The Bertz CT molecular complexity index is 693. The standard InChI is InChI=1S/C24H35O7P/c1-3-23(25)28-18-12-5-7-14-20-30-32(27,22-16-10-9-11-17-22)31-21-15-8-6-13-19-29-24(26)4-2/h3-4,9-11,16-17H,1-2,5-8,12-15,18-21H2. The molecule has 0 aliphatic carbocycles. The Kier molecular flexibility index (Phi) is 15.1. The zero-order valence-electron chi connectivity index (χ0n) is 18.7. The number of hydrogen-bond donors (Lipinski definition) is 0. The van der Waals surface area contributed by atoms with Gasteiger partial charge in [0.1, 0.15) is 0 Å². The van der Waals surface area contributed by atoms with Gasteiger partial charge in [0.2, 0.25) is 0 Å². The lowest BCUT2D eigenvalue weighted by Gasteiger charge is -2.19. The molecule has 1 rings (SSSR count). The lowest BCUT2D eigenvalue weighted by atomic mass is 10.2. The van der Waals surface area contributed by atoms with E-state index in [-0.39, 0.29) is 0 Å². The van der Waals surface area contributed by atoms with E-state index in [0.29, 0.717) is 31.7 Å². The summed E-state index contributed by atoms with van der Waals surface area (Å²) in [6.07, 6.45) is 8.80. The molecule has 0 N–H and O–H groups in total. The zero-order valence-corrected chi connectivity index (χ0v) is 19.6. The van der Waals surface area contributed by atoms with Gasteiger partial charge in [-0.05, 0) is 50.7 Å². The molecule has 32 heavy (non-hydrogen) atoms. The van der Waals surface area contributed by atoms with Crippen LogP contribution in [0.5, 0.6) is 0 Å². The second kappa shape index (κ2) is 17.4. The Morgan fingerprint density at radius 3 is 1.50 bits per heavy atom. The van der Waals surface area contributed by atoms with Gasteiger partial charge in [-0.2, -0.15) is 0 Å². The summed E-state index contributed by atoms with van der Waals surface area (Å²) in [6, 6.07) is 8.98. The summed E-state index contributed by atoms with van der Waals surface area (Å²) < 4.78 is 34.6. The van der Waals surface area contributed by atoms with E-state index in [1.807, 2.05) is 18.2 Å². The number of hydrogen-bond acceptors (Lipinski definition) is 7. The second-order valence-electron chi connectivity index (χ2n) is 7.07. The van der Waals surface area contributed by atoms with Gasteiger partial charge < -0.3 is 18.5 Å². The molecule has 0 aromatic heterocycles. The molecular formula is C24H35O7P. The Hall–Kier alpha value is -2.21. The van der Waals surface area contributed by atoms with Gasteiger partial charge in [-0.1, -0.05) is 44.2 Å². The SMILES string of the molecule is C=CC(=O)OCCCCCCOP(=O)(OCCCCCCOC(=O)C=C)c1ccccc1. The van der Waals surface area contributed by atoms with E-state index in [2.05, 4.69) is 13.2 Å². The van der Waals surface area contributed by atoms with Crippen molar-refractivity contribution >= 4 is 24.8 Å². The van der Waals surface area contributed by atoms with Crippen LogP contribution in [0.15, 0.2) is 55.6 Å². The Morgan fingerprint density at radius 2 is 1.09 bits per heavy atom. The first-order valence-electron chi connectivity index (χ1n) is 11.0. The van der Waals surface area contributed by atoms with Gasteiger partial charge in [0.15, 0.2) is 0 Å². The highest BCUT2D eigenvalue weighted by Gasteiger charge is 2.27. The lowest BCUT2D eigenvalue weighted by Crippen LogP contribution is -2.11. The van der Waals surface area contributed by atoms with Gasteiger partial charge in [-0.15, -0.1) is 0 Å². The van der Waals surface area contributed by atoms with Crippen molar-refractivity contribution in [3.63, 3.8) is 0 Å². The van der Waals surface area contributed by atoms with Gasteiger partial charge in [-0.3, -0.25) is 4.57 Å². The van der Waals surface area contributed by atoms with E-state index in [1.165, 1.54) is 0 Å². The molecule has 0 aliphatic heterocycles. The van der Waals surface area contributed by atoms with Crippen LogP contribution in [0, 0.1) is 0 Å². The van der Waals surface area contributed by atoms with Crippen LogP contribution in [0.3, 0.4) is 0 Å². The monoisotopic (exact) mass is 466 g/mol. The minimum Gasteiger partial charge on any atom is -0.463 e. The van der Waals surface area contributed by atoms with Gasteiger partial charge >= 0.3 is 19.5 Å². The maximum absolute atomic E-state index is 13.3. The predicted molar refractivity (Wildman–Crippen MR) is 125 cm³/mol. The van der Waals surface area contributed by atoms with E-state index in [0.717, 1.165) is 63.5 Å². The molecule has 0 radical (unpaired) electrons. The smallest absolute Gasteiger partial charge is 0.361 e. The topological polar surface area (TPSA) is 88.1 Å². The highest BCUT2D eigenvalue weighted by Crippen LogP contribution is 2.47. The summed E-state index contributed by atoms with van der Waals surface area (Å²) in [4.78, 5) is 22.0. The van der Waals surface area contributed by atoms with Crippen LogP contribution in [0.25, 0.3) is 0 Å². The van der Waals surface area contributed by atoms with Crippen LogP contribution >= 0.6 is 7.60 Å². The summed E-state index contributed by atoms with van der Waals surface area (Å²) in [5, 5.41) is 0.549. The first-order valence-corrected chi connectivity index (χ1v) is 12.6. The lowest BCUT2D eigenvalue weighted by molar-refractivity contribution is -0.138. The minimum absolute atomic E-state index is 0.327. The van der Waals surface area contributed by atoms with Crippen molar-refractivity contribution in [3.8, 4) is 0 Å². The summed E-state index contributed by atoms with van der Waals surface area (Å²) in [5.74, 6) is -0.823. The van der Waals surface area contributed by atoms with Crippen LogP contribution < -0.4 is 5.30 Å². The fourth-order valence-electron chi connectivity index (χ4n) is 2.75. The predicted octanol–water partition coefficient (Wildman–Crippen LogP) is 5.12. The molecule has 0 saturated carbocycles. The molecule has 178 valence electrons. The summed E-state index contributed by atoms with van der Waals surface area (Å²) in [6.45, 7) is 8.09. The molecule has 0 amide bonds. The third-order valence-corrected chi connectivity index (χ3v) is 6.47. The Morgan fingerprint density at radius 1 is 0.688 bits per heavy atom. The maximum Gasteiger partial charge on any atom is 0.361 e. The normalized spacial score (nSPS) is 11.0. The third kappa shape index (κ3) is 12.6. The van der Waals surface area contributed by atoms with Crippen LogP contribution in [0.4, 0.5) is 0 Å². The molecule has 0 aliphatic rings. The molecule has 0 fully saturated rings. The van der Waals surface area contributed by atoms with Gasteiger partial charge in [0.25, 0.3) is 0 Å². The first kappa shape index (κ1) is 27.8. The summed E-state index contributed by atoms with van der Waals surface area (Å²) in [7, 11) is -3.39. The average molecular weight is 467 g/mol. The number of esters is 2. The van der Waals surface area contributed by atoms with E-state index in [9.17, 15) is 14.2 Å². The molecule has 0 spiro atoms. The molecule has 0 saturated heterocycles. The molecule has 0 unspecified atom stereocenters. The highest BCUT2D eigenvalue weighted by atomic mass is 31.2. The Labute approximate surface area is 191 Å². The highest BCUT2D eigenvalue weighted by molar-refractivity contribution is 7.62. The van der Waals surface area contributed by atoms with E-state index >= 15 is 0 Å². The minimum atomic E-state index is -3.39. The molecule has 1 aromatic carbocycles. The molecule has 0 atom stereocenters. The first-order chi connectivity index (χ1) is 15.5. The fraction of sp³-hybridized carbons (Fsp3) is 0.500. The van der Waals surface area contributed by atoms with Crippen molar-refractivity contribution < 1.29 is 32.7 Å². The molecule has 0 bridgehead atoms. The largest absolute Gasteiger partial charge is 0.463 e. The average Bonchev–Trinajstić information content (AvgIpc) is 2.82. The van der Waals surface area contributed by atoms with Crippen LogP contribution in [0.2, 0.25) is 0 Å². The number of carbonyl (C=O) groups excluding carboxylic acids is 2. The van der Waals surface area contributed by atoms with E-state index in [4.69, 9.17) is 18.5 Å². The van der Waals surface area contributed by atoms with Gasteiger partial charge in [0, 0.05) is 12.2 Å².